The summed E-state index contributed by atoms with van der Waals surface area (Å²) in [4.78, 5) is 0. The molecule has 1 atom stereocenters. The number of hydrogen-bond donors (Lipinski definition) is 1. The highest BCUT2D eigenvalue weighted by Gasteiger charge is 2.11. The molecule has 0 amide bonds. The van der Waals surface area contributed by atoms with Gasteiger partial charge in [-0.3, -0.25) is 0 Å². The molecule has 0 fully saturated rings. The summed E-state index contributed by atoms with van der Waals surface area (Å²) < 4.78 is 22.7. The first-order valence-corrected chi connectivity index (χ1v) is 7.35. The highest BCUT2D eigenvalue weighted by Crippen LogP contribution is 2.20. The number of benzene rings is 1. The number of halogens is 1. The van der Waals surface area contributed by atoms with Crippen LogP contribution in [0, 0.1) is 0 Å². The average Bonchev–Trinajstić information content (AvgIpc) is 2.13. The molecule has 3 nitrogen and oxygen atoms in total. The Morgan fingerprint density at radius 1 is 1.47 bits per heavy atom. The van der Waals surface area contributed by atoms with Crippen LogP contribution in [-0.4, -0.2) is 25.5 Å². The van der Waals surface area contributed by atoms with Crippen molar-refractivity contribution < 1.29 is 13.5 Å². The SMILES string of the molecule is CS(=O)(=O)CCC(O)c1cccc(Br)c1. The van der Waals surface area contributed by atoms with E-state index in [9.17, 15) is 13.5 Å². The molecule has 0 aliphatic carbocycles. The fourth-order valence-corrected chi connectivity index (χ4v) is 2.27. The number of rotatable bonds is 4. The first kappa shape index (κ1) is 12.7. The Balaban J connectivity index is 2.65. The van der Waals surface area contributed by atoms with Crippen molar-refractivity contribution in [3.8, 4) is 0 Å². The van der Waals surface area contributed by atoms with Crippen LogP contribution in [0.4, 0.5) is 0 Å². The summed E-state index contributed by atoms with van der Waals surface area (Å²) in [6.45, 7) is 0. The molecule has 0 radical (unpaired) electrons. The van der Waals surface area contributed by atoms with E-state index in [0.29, 0.717) is 0 Å². The molecule has 1 unspecified atom stereocenters. The highest BCUT2D eigenvalue weighted by molar-refractivity contribution is 9.10. The lowest BCUT2D eigenvalue weighted by atomic mass is 10.1. The van der Waals surface area contributed by atoms with Gasteiger partial charge < -0.3 is 5.11 Å². The molecule has 0 aliphatic rings. The minimum absolute atomic E-state index is 0.000675. The van der Waals surface area contributed by atoms with Crippen LogP contribution >= 0.6 is 15.9 Å². The van der Waals surface area contributed by atoms with Crippen LogP contribution in [0.1, 0.15) is 18.1 Å². The zero-order valence-electron chi connectivity index (χ0n) is 8.35. The second kappa shape index (κ2) is 5.09. The lowest BCUT2D eigenvalue weighted by Gasteiger charge is -2.10. The fourth-order valence-electron chi connectivity index (χ4n) is 1.21. The lowest BCUT2D eigenvalue weighted by Crippen LogP contribution is -2.08. The van der Waals surface area contributed by atoms with Gasteiger partial charge in [0.1, 0.15) is 9.84 Å². The lowest BCUT2D eigenvalue weighted by molar-refractivity contribution is 0.174. The fraction of sp³-hybridized carbons (Fsp3) is 0.400. The molecule has 0 heterocycles. The van der Waals surface area contributed by atoms with E-state index in [2.05, 4.69) is 15.9 Å². The van der Waals surface area contributed by atoms with Crippen molar-refractivity contribution in [2.24, 2.45) is 0 Å². The van der Waals surface area contributed by atoms with E-state index in [1.54, 1.807) is 12.1 Å². The molecule has 0 saturated carbocycles. The molecular weight excluding hydrogens is 280 g/mol. The van der Waals surface area contributed by atoms with E-state index in [-0.39, 0.29) is 12.2 Å². The molecule has 0 spiro atoms. The Bertz CT molecular complexity index is 428. The van der Waals surface area contributed by atoms with E-state index in [0.717, 1.165) is 10.0 Å². The van der Waals surface area contributed by atoms with Gasteiger partial charge in [0.2, 0.25) is 0 Å². The van der Waals surface area contributed by atoms with Crippen LogP contribution in [0.15, 0.2) is 28.7 Å². The molecule has 1 rings (SSSR count). The van der Waals surface area contributed by atoms with Crippen molar-refractivity contribution in [2.45, 2.75) is 12.5 Å². The number of aliphatic hydroxyl groups is 1. The third-order valence-corrected chi connectivity index (χ3v) is 3.47. The van der Waals surface area contributed by atoms with Crippen molar-refractivity contribution >= 4 is 25.8 Å². The normalized spacial score (nSPS) is 13.8. The molecule has 0 aliphatic heterocycles. The molecule has 1 N–H and O–H groups in total. The number of hydrogen-bond acceptors (Lipinski definition) is 3. The van der Waals surface area contributed by atoms with Crippen LogP contribution in [0.5, 0.6) is 0 Å². The van der Waals surface area contributed by atoms with E-state index in [1.807, 2.05) is 12.1 Å². The van der Waals surface area contributed by atoms with Crippen LogP contribution in [0.3, 0.4) is 0 Å². The summed E-state index contributed by atoms with van der Waals surface area (Å²) in [5.74, 6) is 0.000675. The molecule has 15 heavy (non-hydrogen) atoms. The molecule has 0 saturated heterocycles. The van der Waals surface area contributed by atoms with Crippen molar-refractivity contribution in [3.05, 3.63) is 34.3 Å². The molecule has 0 aromatic heterocycles. The van der Waals surface area contributed by atoms with E-state index in [1.165, 1.54) is 6.26 Å². The summed E-state index contributed by atoms with van der Waals surface area (Å²) in [6.07, 6.45) is 0.674. The summed E-state index contributed by atoms with van der Waals surface area (Å²) in [7, 11) is -3.01. The molecule has 84 valence electrons. The summed E-state index contributed by atoms with van der Waals surface area (Å²) >= 11 is 3.29. The Kier molecular flexibility index (Phi) is 4.31. The predicted molar refractivity (Wildman–Crippen MR) is 63.4 cm³/mol. The van der Waals surface area contributed by atoms with Gasteiger partial charge in [0.05, 0.1) is 11.9 Å². The Labute approximate surface area is 98.2 Å². The maximum atomic E-state index is 10.9. The molecule has 0 bridgehead atoms. The average molecular weight is 293 g/mol. The molecule has 1 aromatic rings. The molecular formula is C10H13BrO3S. The largest absolute Gasteiger partial charge is 0.388 e. The van der Waals surface area contributed by atoms with Gasteiger partial charge in [-0.2, -0.15) is 0 Å². The van der Waals surface area contributed by atoms with Crippen molar-refractivity contribution in [1.29, 1.82) is 0 Å². The zero-order chi connectivity index (χ0) is 11.5. The molecule has 5 heteroatoms. The quantitative estimate of drug-likeness (QED) is 0.922. The second-order valence-corrected chi connectivity index (χ2v) is 6.66. The van der Waals surface area contributed by atoms with Gasteiger partial charge >= 0.3 is 0 Å². The summed E-state index contributed by atoms with van der Waals surface area (Å²) in [6, 6.07) is 7.22. The smallest absolute Gasteiger partial charge is 0.147 e. The minimum atomic E-state index is -3.01. The maximum Gasteiger partial charge on any atom is 0.147 e. The third-order valence-electron chi connectivity index (χ3n) is 2.00. The van der Waals surface area contributed by atoms with E-state index in [4.69, 9.17) is 0 Å². The Morgan fingerprint density at radius 2 is 2.13 bits per heavy atom. The summed E-state index contributed by atoms with van der Waals surface area (Å²) in [5, 5.41) is 9.72. The predicted octanol–water partition coefficient (Wildman–Crippen LogP) is 1.92. The first-order valence-electron chi connectivity index (χ1n) is 4.50. The maximum absolute atomic E-state index is 10.9. The first-order chi connectivity index (χ1) is 6.88. The van der Waals surface area contributed by atoms with Gasteiger partial charge in [0.15, 0.2) is 0 Å². The minimum Gasteiger partial charge on any atom is -0.388 e. The van der Waals surface area contributed by atoms with Gasteiger partial charge in [-0.25, -0.2) is 8.42 Å². The Morgan fingerprint density at radius 3 is 2.67 bits per heavy atom. The summed E-state index contributed by atoms with van der Waals surface area (Å²) in [5.41, 5.74) is 0.730. The van der Waals surface area contributed by atoms with Gasteiger partial charge in [-0.1, -0.05) is 28.1 Å². The number of sulfone groups is 1. The van der Waals surface area contributed by atoms with Crippen molar-refractivity contribution in [3.63, 3.8) is 0 Å². The second-order valence-electron chi connectivity index (χ2n) is 3.49. The van der Waals surface area contributed by atoms with Crippen LogP contribution in [0.25, 0.3) is 0 Å². The van der Waals surface area contributed by atoms with E-state index >= 15 is 0 Å². The van der Waals surface area contributed by atoms with Crippen LogP contribution in [0.2, 0.25) is 0 Å². The zero-order valence-corrected chi connectivity index (χ0v) is 10.8. The molecule has 1 aromatic carbocycles. The van der Waals surface area contributed by atoms with Gasteiger partial charge in [-0.05, 0) is 24.1 Å². The topological polar surface area (TPSA) is 54.4 Å². The van der Waals surface area contributed by atoms with Crippen LogP contribution < -0.4 is 0 Å². The monoisotopic (exact) mass is 292 g/mol. The third kappa shape index (κ3) is 4.77. The van der Waals surface area contributed by atoms with Gasteiger partial charge in [-0.15, -0.1) is 0 Å². The van der Waals surface area contributed by atoms with E-state index < -0.39 is 15.9 Å². The van der Waals surface area contributed by atoms with Gasteiger partial charge in [0, 0.05) is 10.7 Å². The standard InChI is InChI=1S/C10H13BrO3S/c1-15(13,14)6-5-10(12)8-3-2-4-9(11)7-8/h2-4,7,10,12H,5-6H2,1H3. The number of aliphatic hydroxyl groups excluding tert-OH is 1. The van der Waals surface area contributed by atoms with Crippen LogP contribution in [-0.2, 0) is 9.84 Å². The van der Waals surface area contributed by atoms with Crippen molar-refractivity contribution in [1.82, 2.24) is 0 Å². The Hall–Kier alpha value is -0.390. The van der Waals surface area contributed by atoms with Gasteiger partial charge in [0.25, 0.3) is 0 Å². The van der Waals surface area contributed by atoms with Crippen molar-refractivity contribution in [2.75, 3.05) is 12.0 Å². The highest BCUT2D eigenvalue weighted by atomic mass is 79.9.